The molecule has 0 fully saturated rings. The number of carbonyl (C=O) groups is 2. The first-order valence-corrected chi connectivity index (χ1v) is 12.4. The van der Waals surface area contributed by atoms with Crippen molar-refractivity contribution in [1.29, 1.82) is 0 Å². The van der Waals surface area contributed by atoms with E-state index in [-0.39, 0.29) is 11.8 Å². The van der Waals surface area contributed by atoms with Crippen LogP contribution in [0.5, 0.6) is 0 Å². The number of thioether (sulfide) groups is 1. The summed E-state index contributed by atoms with van der Waals surface area (Å²) in [7, 11) is 0. The van der Waals surface area contributed by atoms with E-state index in [4.69, 9.17) is 11.6 Å². The minimum atomic E-state index is -0.543. The summed E-state index contributed by atoms with van der Waals surface area (Å²) in [5.74, 6) is 0.884. The summed E-state index contributed by atoms with van der Waals surface area (Å²) in [6.07, 6.45) is 1.93. The van der Waals surface area contributed by atoms with Crippen molar-refractivity contribution in [3.8, 4) is 0 Å². The topological polar surface area (TPSA) is 49.4 Å². The molecule has 0 aliphatic heterocycles. The summed E-state index contributed by atoms with van der Waals surface area (Å²) in [6.45, 7) is 4.86. The Morgan fingerprint density at radius 2 is 1.73 bits per heavy atom. The third kappa shape index (κ3) is 8.32. The first kappa shape index (κ1) is 24.8. The van der Waals surface area contributed by atoms with Gasteiger partial charge in [-0.3, -0.25) is 9.59 Å². The van der Waals surface area contributed by atoms with Crippen molar-refractivity contribution in [1.82, 2.24) is 10.2 Å². The number of hydrogen-bond acceptors (Lipinski definition) is 3. The molecule has 0 aromatic heterocycles. The maximum absolute atomic E-state index is 13.0. The molecule has 0 aliphatic rings. The van der Waals surface area contributed by atoms with Crippen molar-refractivity contribution >= 4 is 51.1 Å². The van der Waals surface area contributed by atoms with E-state index in [0.29, 0.717) is 23.9 Å². The van der Waals surface area contributed by atoms with Gasteiger partial charge < -0.3 is 10.2 Å². The Morgan fingerprint density at radius 3 is 2.37 bits per heavy atom. The van der Waals surface area contributed by atoms with Gasteiger partial charge in [-0.1, -0.05) is 65.1 Å². The SMILES string of the molecule is CCCCNC(=O)C(C)N(Cc1ccc(Cl)cc1)C(=O)CSCc1ccc(Br)cc1. The average Bonchev–Trinajstić information content (AvgIpc) is 2.74. The normalized spacial score (nSPS) is 11.7. The number of hydrogen-bond donors (Lipinski definition) is 1. The van der Waals surface area contributed by atoms with Crippen LogP contribution >= 0.6 is 39.3 Å². The molecular formula is C23H28BrClN2O2S. The zero-order valence-corrected chi connectivity index (χ0v) is 20.5. The first-order valence-electron chi connectivity index (χ1n) is 10.0. The van der Waals surface area contributed by atoms with Crippen LogP contribution in [0.2, 0.25) is 5.02 Å². The van der Waals surface area contributed by atoms with Crippen LogP contribution < -0.4 is 5.32 Å². The zero-order chi connectivity index (χ0) is 21.9. The summed E-state index contributed by atoms with van der Waals surface area (Å²) < 4.78 is 1.03. The average molecular weight is 512 g/mol. The Labute approximate surface area is 196 Å². The summed E-state index contributed by atoms with van der Waals surface area (Å²) in [6, 6.07) is 14.9. The van der Waals surface area contributed by atoms with Gasteiger partial charge in [-0.2, -0.15) is 0 Å². The molecule has 0 saturated carbocycles. The molecule has 0 heterocycles. The standard InChI is InChI=1S/C23H28BrClN2O2S/c1-3-4-13-26-23(29)17(2)27(14-18-7-11-21(25)12-8-18)22(28)16-30-15-19-5-9-20(24)10-6-19/h5-12,17H,3-4,13-16H2,1-2H3,(H,26,29). The Balaban J connectivity index is 2.02. The second-order valence-corrected chi connectivity index (χ2v) is 9.43. The van der Waals surface area contributed by atoms with Gasteiger partial charge in [0.05, 0.1) is 5.75 Å². The fourth-order valence-corrected chi connectivity index (χ4v) is 4.09. The molecule has 0 spiro atoms. The van der Waals surface area contributed by atoms with Crippen LogP contribution in [0.25, 0.3) is 0 Å². The van der Waals surface area contributed by atoms with Crippen LogP contribution in [-0.4, -0.2) is 35.1 Å². The van der Waals surface area contributed by atoms with Crippen molar-refractivity contribution < 1.29 is 9.59 Å². The predicted octanol–water partition coefficient (Wildman–Crippen LogP) is 5.67. The summed E-state index contributed by atoms with van der Waals surface area (Å²) in [4.78, 5) is 27.3. The summed E-state index contributed by atoms with van der Waals surface area (Å²) in [5, 5.41) is 3.58. The van der Waals surface area contributed by atoms with Gasteiger partial charge in [0, 0.05) is 28.3 Å². The second-order valence-electron chi connectivity index (χ2n) is 7.09. The number of halogens is 2. The molecule has 30 heavy (non-hydrogen) atoms. The van der Waals surface area contributed by atoms with Crippen LogP contribution in [0.4, 0.5) is 0 Å². The van der Waals surface area contributed by atoms with E-state index in [0.717, 1.165) is 34.2 Å². The van der Waals surface area contributed by atoms with Crippen LogP contribution in [0.1, 0.15) is 37.8 Å². The molecule has 1 unspecified atom stereocenters. The Morgan fingerprint density at radius 1 is 1.10 bits per heavy atom. The van der Waals surface area contributed by atoms with E-state index >= 15 is 0 Å². The van der Waals surface area contributed by atoms with E-state index in [2.05, 4.69) is 28.2 Å². The molecule has 0 aliphatic carbocycles. The highest BCUT2D eigenvalue weighted by molar-refractivity contribution is 9.10. The first-order chi connectivity index (χ1) is 14.4. The lowest BCUT2D eigenvalue weighted by Crippen LogP contribution is -2.48. The molecule has 2 amide bonds. The minimum absolute atomic E-state index is 0.0507. The monoisotopic (exact) mass is 510 g/mol. The molecule has 4 nitrogen and oxygen atoms in total. The van der Waals surface area contributed by atoms with E-state index in [9.17, 15) is 9.59 Å². The third-order valence-electron chi connectivity index (χ3n) is 4.67. The molecule has 1 atom stereocenters. The van der Waals surface area contributed by atoms with Gasteiger partial charge in [-0.15, -0.1) is 11.8 Å². The third-order valence-corrected chi connectivity index (χ3v) is 6.44. The van der Waals surface area contributed by atoms with Crippen molar-refractivity contribution in [2.75, 3.05) is 12.3 Å². The number of unbranched alkanes of at least 4 members (excludes halogenated alkanes) is 1. The van der Waals surface area contributed by atoms with Crippen molar-refractivity contribution in [2.24, 2.45) is 0 Å². The Bertz CT molecular complexity index is 815. The van der Waals surface area contributed by atoms with Gasteiger partial charge in [0.2, 0.25) is 11.8 Å². The smallest absolute Gasteiger partial charge is 0.242 e. The van der Waals surface area contributed by atoms with Crippen molar-refractivity contribution in [3.63, 3.8) is 0 Å². The lowest BCUT2D eigenvalue weighted by atomic mass is 10.1. The van der Waals surface area contributed by atoms with Gasteiger partial charge >= 0.3 is 0 Å². The van der Waals surface area contributed by atoms with Gasteiger partial charge in [-0.05, 0) is 48.7 Å². The lowest BCUT2D eigenvalue weighted by molar-refractivity contribution is -0.138. The maximum Gasteiger partial charge on any atom is 0.242 e. The minimum Gasteiger partial charge on any atom is -0.354 e. The quantitative estimate of drug-likeness (QED) is 0.396. The highest BCUT2D eigenvalue weighted by Gasteiger charge is 2.25. The van der Waals surface area contributed by atoms with Gasteiger partial charge in [-0.25, -0.2) is 0 Å². The largest absolute Gasteiger partial charge is 0.354 e. The fourth-order valence-electron chi connectivity index (χ4n) is 2.82. The Kier molecular flexibility index (Phi) is 10.8. The van der Waals surface area contributed by atoms with Gasteiger partial charge in [0.15, 0.2) is 0 Å². The number of nitrogens with zero attached hydrogens (tertiary/aromatic N) is 1. The molecule has 2 aromatic carbocycles. The molecule has 2 aromatic rings. The highest BCUT2D eigenvalue weighted by Crippen LogP contribution is 2.18. The molecule has 0 radical (unpaired) electrons. The number of benzene rings is 2. The van der Waals surface area contributed by atoms with Crippen LogP contribution in [0.3, 0.4) is 0 Å². The predicted molar refractivity (Wildman–Crippen MR) is 130 cm³/mol. The molecule has 0 saturated heterocycles. The van der Waals surface area contributed by atoms with E-state index in [1.165, 1.54) is 0 Å². The zero-order valence-electron chi connectivity index (χ0n) is 17.4. The molecular weight excluding hydrogens is 484 g/mol. The van der Waals surface area contributed by atoms with Crippen LogP contribution in [-0.2, 0) is 21.9 Å². The fraction of sp³-hybridized carbons (Fsp3) is 0.391. The number of rotatable bonds is 11. The second kappa shape index (κ2) is 13.0. The van der Waals surface area contributed by atoms with Crippen LogP contribution in [0, 0.1) is 0 Å². The molecule has 2 rings (SSSR count). The van der Waals surface area contributed by atoms with E-state index < -0.39 is 6.04 Å². The highest BCUT2D eigenvalue weighted by atomic mass is 79.9. The van der Waals surface area contributed by atoms with Crippen LogP contribution in [0.15, 0.2) is 53.0 Å². The molecule has 7 heteroatoms. The number of amides is 2. The number of nitrogens with one attached hydrogen (secondary N) is 1. The van der Waals surface area contributed by atoms with Crippen molar-refractivity contribution in [3.05, 3.63) is 69.2 Å². The summed E-state index contributed by atoms with van der Waals surface area (Å²) >= 11 is 11.0. The molecule has 0 bridgehead atoms. The summed E-state index contributed by atoms with van der Waals surface area (Å²) in [5.41, 5.74) is 2.10. The maximum atomic E-state index is 13.0. The van der Waals surface area contributed by atoms with E-state index in [1.54, 1.807) is 35.7 Å². The van der Waals surface area contributed by atoms with Gasteiger partial charge in [0.25, 0.3) is 0 Å². The number of carbonyl (C=O) groups excluding carboxylic acids is 2. The molecule has 162 valence electrons. The van der Waals surface area contributed by atoms with Gasteiger partial charge in [0.1, 0.15) is 6.04 Å². The van der Waals surface area contributed by atoms with E-state index in [1.807, 2.05) is 36.4 Å². The molecule has 1 N–H and O–H groups in total. The lowest BCUT2D eigenvalue weighted by Gasteiger charge is -2.29. The Hall–Kier alpha value is -1.50. The van der Waals surface area contributed by atoms with Crippen molar-refractivity contribution in [2.45, 2.75) is 45.0 Å².